The van der Waals surface area contributed by atoms with Crippen LogP contribution in [-0.2, 0) is 26.1 Å². The van der Waals surface area contributed by atoms with Gasteiger partial charge in [-0.2, -0.15) is 0 Å². The predicted octanol–water partition coefficient (Wildman–Crippen LogP) is 0.937. The summed E-state index contributed by atoms with van der Waals surface area (Å²) in [4.78, 5) is 24.8. The lowest BCUT2D eigenvalue weighted by Crippen LogP contribution is -2.45. The van der Waals surface area contributed by atoms with Crippen molar-refractivity contribution in [3.8, 4) is 0 Å². The number of carbonyl (C=O) groups is 2. The summed E-state index contributed by atoms with van der Waals surface area (Å²) < 4.78 is 38.0. The van der Waals surface area contributed by atoms with Gasteiger partial charge in [0.05, 0.1) is 5.92 Å². The molecule has 0 aromatic heterocycles. The van der Waals surface area contributed by atoms with Crippen molar-refractivity contribution in [2.75, 3.05) is 18.8 Å². The molecule has 1 heterocycles. The SMILES string of the molecule is NC(=O)[C@H]1CCCN(C(=O)C[S@@](=O)Cc2ccc(F)c(F)c2)C1. The maximum absolute atomic E-state index is 13.1. The van der Waals surface area contributed by atoms with Gasteiger partial charge in [0, 0.05) is 29.6 Å². The molecular formula is C15H18F2N2O3S. The van der Waals surface area contributed by atoms with Crippen LogP contribution in [0.3, 0.4) is 0 Å². The zero-order chi connectivity index (χ0) is 17.0. The molecule has 1 saturated heterocycles. The molecule has 0 unspecified atom stereocenters. The molecule has 0 saturated carbocycles. The van der Waals surface area contributed by atoms with E-state index in [1.165, 1.54) is 11.0 Å². The van der Waals surface area contributed by atoms with Gasteiger partial charge in [-0.25, -0.2) is 8.78 Å². The number of primary amides is 1. The van der Waals surface area contributed by atoms with E-state index in [0.29, 0.717) is 24.9 Å². The fraction of sp³-hybridized carbons (Fsp3) is 0.467. The standard InChI is InChI=1S/C15H18F2N2O3S/c16-12-4-3-10(6-13(12)17)8-23(22)9-14(20)19-5-1-2-11(7-19)15(18)21/h3-4,6,11H,1-2,5,7-9H2,(H2,18,21)/t11-,23-/m0/s1. The van der Waals surface area contributed by atoms with Gasteiger partial charge in [0.2, 0.25) is 11.8 Å². The molecule has 1 fully saturated rings. The van der Waals surface area contributed by atoms with E-state index in [9.17, 15) is 22.6 Å². The molecule has 1 aromatic carbocycles. The van der Waals surface area contributed by atoms with E-state index in [0.717, 1.165) is 12.1 Å². The highest BCUT2D eigenvalue weighted by atomic mass is 32.2. The number of halogens is 2. The first-order valence-electron chi connectivity index (χ1n) is 7.23. The minimum Gasteiger partial charge on any atom is -0.369 e. The summed E-state index contributed by atoms with van der Waals surface area (Å²) in [5.41, 5.74) is 5.62. The van der Waals surface area contributed by atoms with Crippen LogP contribution in [-0.4, -0.2) is 39.8 Å². The molecule has 1 aromatic rings. The zero-order valence-electron chi connectivity index (χ0n) is 12.5. The van der Waals surface area contributed by atoms with Crippen molar-refractivity contribution in [2.45, 2.75) is 18.6 Å². The number of rotatable bonds is 5. The van der Waals surface area contributed by atoms with Crippen molar-refractivity contribution in [1.82, 2.24) is 4.90 Å². The van der Waals surface area contributed by atoms with Gasteiger partial charge in [0.15, 0.2) is 11.6 Å². The second kappa shape index (κ2) is 7.63. The number of amides is 2. The van der Waals surface area contributed by atoms with Crippen LogP contribution >= 0.6 is 0 Å². The Bertz CT molecular complexity index is 639. The summed E-state index contributed by atoms with van der Waals surface area (Å²) in [7, 11) is -1.54. The summed E-state index contributed by atoms with van der Waals surface area (Å²) >= 11 is 0. The van der Waals surface area contributed by atoms with Gasteiger partial charge < -0.3 is 10.6 Å². The van der Waals surface area contributed by atoms with Crippen molar-refractivity contribution in [1.29, 1.82) is 0 Å². The van der Waals surface area contributed by atoms with Crippen LogP contribution in [0.15, 0.2) is 18.2 Å². The van der Waals surface area contributed by atoms with Gasteiger partial charge in [0.1, 0.15) is 5.75 Å². The topological polar surface area (TPSA) is 80.5 Å². The first-order chi connectivity index (χ1) is 10.9. The Morgan fingerprint density at radius 2 is 2.04 bits per heavy atom. The third-order valence-corrected chi connectivity index (χ3v) is 5.00. The Hall–Kier alpha value is -1.83. The van der Waals surface area contributed by atoms with Crippen molar-refractivity contribution in [2.24, 2.45) is 11.7 Å². The molecule has 5 nitrogen and oxygen atoms in total. The molecule has 2 N–H and O–H groups in total. The average Bonchev–Trinajstić information content (AvgIpc) is 2.51. The minimum absolute atomic E-state index is 0.0317. The van der Waals surface area contributed by atoms with Crippen LogP contribution < -0.4 is 5.73 Å². The minimum atomic E-state index is -1.54. The van der Waals surface area contributed by atoms with E-state index >= 15 is 0 Å². The van der Waals surface area contributed by atoms with Crippen LogP contribution in [0.4, 0.5) is 8.78 Å². The van der Waals surface area contributed by atoms with Gasteiger partial charge >= 0.3 is 0 Å². The summed E-state index contributed by atoms with van der Waals surface area (Å²) in [6.45, 7) is 0.752. The monoisotopic (exact) mass is 344 g/mol. The normalized spacial score (nSPS) is 19.4. The van der Waals surface area contributed by atoms with Gasteiger partial charge in [-0.15, -0.1) is 0 Å². The Kier molecular flexibility index (Phi) is 5.81. The molecule has 0 aliphatic carbocycles. The molecule has 8 heteroatoms. The van der Waals surface area contributed by atoms with Gasteiger partial charge in [-0.05, 0) is 30.5 Å². The highest BCUT2D eigenvalue weighted by molar-refractivity contribution is 7.84. The van der Waals surface area contributed by atoms with Crippen LogP contribution in [0, 0.1) is 17.6 Å². The maximum Gasteiger partial charge on any atom is 0.235 e. The number of hydrogen-bond acceptors (Lipinski definition) is 3. The Morgan fingerprint density at radius 3 is 2.70 bits per heavy atom. The molecule has 23 heavy (non-hydrogen) atoms. The highest BCUT2D eigenvalue weighted by Crippen LogP contribution is 2.17. The van der Waals surface area contributed by atoms with E-state index in [4.69, 9.17) is 5.73 Å². The number of likely N-dealkylation sites (tertiary alicyclic amines) is 1. The van der Waals surface area contributed by atoms with E-state index in [1.54, 1.807) is 0 Å². The molecule has 2 rings (SSSR count). The molecule has 0 radical (unpaired) electrons. The molecule has 1 aliphatic heterocycles. The van der Waals surface area contributed by atoms with E-state index in [-0.39, 0.29) is 29.9 Å². The number of carbonyl (C=O) groups excluding carboxylic acids is 2. The van der Waals surface area contributed by atoms with Crippen molar-refractivity contribution < 1.29 is 22.6 Å². The third-order valence-electron chi connectivity index (χ3n) is 3.77. The largest absolute Gasteiger partial charge is 0.369 e. The third kappa shape index (κ3) is 4.82. The quantitative estimate of drug-likeness (QED) is 0.863. The lowest BCUT2D eigenvalue weighted by molar-refractivity contribution is -0.132. The fourth-order valence-corrected chi connectivity index (χ4v) is 3.64. The van der Waals surface area contributed by atoms with E-state index < -0.39 is 28.3 Å². The van der Waals surface area contributed by atoms with Crippen LogP contribution in [0.5, 0.6) is 0 Å². The summed E-state index contributed by atoms with van der Waals surface area (Å²) in [5.74, 6) is -3.36. The second-order valence-electron chi connectivity index (χ2n) is 5.56. The van der Waals surface area contributed by atoms with Crippen LogP contribution in [0.25, 0.3) is 0 Å². The van der Waals surface area contributed by atoms with Crippen LogP contribution in [0.2, 0.25) is 0 Å². The fourth-order valence-electron chi connectivity index (χ4n) is 2.53. The van der Waals surface area contributed by atoms with Gasteiger partial charge in [0.25, 0.3) is 0 Å². The van der Waals surface area contributed by atoms with Crippen LogP contribution in [0.1, 0.15) is 18.4 Å². The number of hydrogen-bond donors (Lipinski definition) is 1. The lowest BCUT2D eigenvalue weighted by Gasteiger charge is -2.31. The van der Waals surface area contributed by atoms with E-state index in [1.807, 2.05) is 0 Å². The second-order valence-corrected chi connectivity index (χ2v) is 7.02. The van der Waals surface area contributed by atoms with Gasteiger partial charge in [-0.3, -0.25) is 13.8 Å². The molecule has 2 atom stereocenters. The maximum atomic E-state index is 13.1. The summed E-state index contributed by atoms with van der Waals surface area (Å²) in [6.07, 6.45) is 1.33. The zero-order valence-corrected chi connectivity index (χ0v) is 13.3. The van der Waals surface area contributed by atoms with Crippen molar-refractivity contribution in [3.05, 3.63) is 35.4 Å². The molecule has 0 spiro atoms. The van der Waals surface area contributed by atoms with Crippen molar-refractivity contribution in [3.63, 3.8) is 0 Å². The van der Waals surface area contributed by atoms with Gasteiger partial charge in [-0.1, -0.05) is 6.07 Å². The van der Waals surface area contributed by atoms with E-state index in [2.05, 4.69) is 0 Å². The van der Waals surface area contributed by atoms with Crippen molar-refractivity contribution >= 4 is 22.6 Å². The lowest BCUT2D eigenvalue weighted by atomic mass is 9.97. The number of nitrogens with two attached hydrogens (primary N) is 1. The average molecular weight is 344 g/mol. The first-order valence-corrected chi connectivity index (χ1v) is 8.71. The molecule has 0 bridgehead atoms. The summed E-state index contributed by atoms with van der Waals surface area (Å²) in [6, 6.07) is 3.28. The number of benzene rings is 1. The highest BCUT2D eigenvalue weighted by Gasteiger charge is 2.27. The Labute approximate surface area is 135 Å². The molecule has 2 amide bonds. The first kappa shape index (κ1) is 17.5. The summed E-state index contributed by atoms with van der Waals surface area (Å²) in [5, 5.41) is 0. The predicted molar refractivity (Wildman–Crippen MR) is 81.6 cm³/mol. The molecule has 126 valence electrons. The Balaban J connectivity index is 1.90. The number of piperidine rings is 1. The Morgan fingerprint density at radius 1 is 1.30 bits per heavy atom. The molecule has 1 aliphatic rings. The number of nitrogens with zero attached hydrogens (tertiary/aromatic N) is 1. The molecular weight excluding hydrogens is 326 g/mol. The smallest absolute Gasteiger partial charge is 0.235 e.